The summed E-state index contributed by atoms with van der Waals surface area (Å²) in [7, 11) is 1.77. The van der Waals surface area contributed by atoms with Crippen LogP contribution >= 0.6 is 27.3 Å². The van der Waals surface area contributed by atoms with Crippen molar-refractivity contribution >= 4 is 48.5 Å². The minimum Gasteiger partial charge on any atom is -0.376 e. The van der Waals surface area contributed by atoms with Crippen molar-refractivity contribution in [3.8, 4) is 0 Å². The molecule has 1 atom stereocenters. The summed E-state index contributed by atoms with van der Waals surface area (Å²) in [5, 5.41) is 4.80. The van der Waals surface area contributed by atoms with Gasteiger partial charge in [0.1, 0.15) is 5.69 Å². The zero-order chi connectivity index (χ0) is 17.4. The third-order valence-electron chi connectivity index (χ3n) is 4.27. The van der Waals surface area contributed by atoms with E-state index in [0.717, 1.165) is 34.1 Å². The Morgan fingerprint density at radius 1 is 1.48 bits per heavy atom. The Bertz CT molecular complexity index is 916. The van der Waals surface area contributed by atoms with Gasteiger partial charge >= 0.3 is 0 Å². The lowest BCUT2D eigenvalue weighted by molar-refractivity contribution is 0.0910. The van der Waals surface area contributed by atoms with Gasteiger partial charge in [-0.05, 0) is 37.1 Å². The van der Waals surface area contributed by atoms with Crippen LogP contribution in [0, 0.1) is 0 Å². The molecule has 3 aromatic rings. The highest BCUT2D eigenvalue weighted by Gasteiger charge is 2.28. The minimum absolute atomic E-state index is 0.0518. The molecular weight excluding hydrogens is 404 g/mol. The summed E-state index contributed by atoms with van der Waals surface area (Å²) < 4.78 is 9.38. The maximum atomic E-state index is 13.1. The molecule has 1 fully saturated rings. The number of rotatable bonds is 4. The van der Waals surface area contributed by atoms with Crippen LogP contribution in [-0.4, -0.2) is 39.9 Å². The van der Waals surface area contributed by atoms with Crippen molar-refractivity contribution in [3.05, 3.63) is 40.6 Å². The fourth-order valence-electron chi connectivity index (χ4n) is 2.96. The number of hydrogen-bond donors (Lipinski definition) is 0. The zero-order valence-electron chi connectivity index (χ0n) is 13.7. The number of amides is 1. The Hall–Kier alpha value is -1.77. The first-order valence-electron chi connectivity index (χ1n) is 8.09. The van der Waals surface area contributed by atoms with E-state index < -0.39 is 0 Å². The molecule has 0 radical (unpaired) electrons. The van der Waals surface area contributed by atoms with Gasteiger partial charge in [0.05, 0.1) is 22.9 Å². The summed E-state index contributed by atoms with van der Waals surface area (Å²) in [5.41, 5.74) is 1.43. The van der Waals surface area contributed by atoms with Gasteiger partial charge in [0.25, 0.3) is 5.91 Å². The number of carbonyl (C=O) groups is 1. The van der Waals surface area contributed by atoms with Crippen molar-refractivity contribution < 1.29 is 9.53 Å². The van der Waals surface area contributed by atoms with Crippen molar-refractivity contribution in [2.75, 3.05) is 18.1 Å². The molecule has 8 heteroatoms. The second kappa shape index (κ2) is 6.86. The number of ether oxygens (including phenoxy) is 1. The second-order valence-corrected chi connectivity index (χ2v) is 7.92. The molecule has 130 valence electrons. The molecule has 0 aliphatic carbocycles. The number of halogens is 1. The number of anilines is 1. The highest BCUT2D eigenvalue weighted by Crippen LogP contribution is 2.32. The van der Waals surface area contributed by atoms with E-state index in [1.165, 1.54) is 11.3 Å². The van der Waals surface area contributed by atoms with Crippen LogP contribution in [0.5, 0.6) is 0 Å². The molecule has 0 spiro atoms. The molecule has 1 aliphatic heterocycles. The highest BCUT2D eigenvalue weighted by atomic mass is 79.9. The van der Waals surface area contributed by atoms with Gasteiger partial charge in [-0.25, -0.2) is 4.98 Å². The molecule has 4 rings (SSSR count). The van der Waals surface area contributed by atoms with E-state index in [9.17, 15) is 4.79 Å². The molecule has 6 nitrogen and oxygen atoms in total. The number of hydrogen-bond acceptors (Lipinski definition) is 5. The van der Waals surface area contributed by atoms with E-state index in [-0.39, 0.29) is 12.0 Å². The maximum absolute atomic E-state index is 13.1. The number of benzene rings is 1. The first kappa shape index (κ1) is 16.7. The van der Waals surface area contributed by atoms with Crippen LogP contribution < -0.4 is 4.90 Å². The Morgan fingerprint density at radius 2 is 2.36 bits per heavy atom. The molecule has 0 bridgehead atoms. The first-order valence-corrected chi connectivity index (χ1v) is 9.70. The number of aromatic nitrogens is 3. The molecule has 1 aromatic carbocycles. The lowest BCUT2D eigenvalue weighted by Gasteiger charge is -2.22. The van der Waals surface area contributed by atoms with Crippen LogP contribution in [0.3, 0.4) is 0 Å². The lowest BCUT2D eigenvalue weighted by atomic mass is 10.2. The van der Waals surface area contributed by atoms with E-state index in [2.05, 4.69) is 26.0 Å². The van der Waals surface area contributed by atoms with E-state index in [1.807, 2.05) is 18.2 Å². The van der Waals surface area contributed by atoms with Crippen molar-refractivity contribution in [2.45, 2.75) is 18.9 Å². The van der Waals surface area contributed by atoms with Gasteiger partial charge in [0.15, 0.2) is 5.13 Å². The maximum Gasteiger partial charge on any atom is 0.278 e. The van der Waals surface area contributed by atoms with Gasteiger partial charge < -0.3 is 4.74 Å². The van der Waals surface area contributed by atoms with Gasteiger partial charge in [-0.3, -0.25) is 14.4 Å². The van der Waals surface area contributed by atoms with Crippen LogP contribution in [0.25, 0.3) is 10.2 Å². The fraction of sp³-hybridized carbons (Fsp3) is 0.353. The fourth-order valence-corrected chi connectivity index (χ4v) is 4.49. The number of nitrogens with zero attached hydrogens (tertiary/aromatic N) is 4. The minimum atomic E-state index is -0.103. The van der Waals surface area contributed by atoms with Crippen LogP contribution in [0.4, 0.5) is 5.13 Å². The first-order chi connectivity index (χ1) is 12.1. The quantitative estimate of drug-likeness (QED) is 0.646. The Balaban J connectivity index is 1.72. The average Bonchev–Trinajstić information content (AvgIpc) is 3.31. The average molecular weight is 421 g/mol. The van der Waals surface area contributed by atoms with Crippen LogP contribution in [0.2, 0.25) is 0 Å². The summed E-state index contributed by atoms with van der Waals surface area (Å²) in [6, 6.07) is 7.67. The van der Waals surface area contributed by atoms with Crippen LogP contribution in [0.1, 0.15) is 23.3 Å². The molecule has 1 unspecified atom stereocenters. The summed E-state index contributed by atoms with van der Waals surface area (Å²) >= 11 is 5.00. The highest BCUT2D eigenvalue weighted by molar-refractivity contribution is 9.10. The third-order valence-corrected chi connectivity index (χ3v) is 5.80. The Kier molecular flexibility index (Phi) is 4.58. The Labute approximate surface area is 157 Å². The third kappa shape index (κ3) is 3.33. The molecule has 0 saturated carbocycles. The van der Waals surface area contributed by atoms with Gasteiger partial charge in [-0.15, -0.1) is 0 Å². The topological polar surface area (TPSA) is 60.2 Å². The number of carbonyl (C=O) groups excluding carboxylic acids is 1. The largest absolute Gasteiger partial charge is 0.376 e. The van der Waals surface area contributed by atoms with Crippen LogP contribution in [0.15, 0.2) is 34.9 Å². The predicted octanol–water partition coefficient (Wildman–Crippen LogP) is 3.62. The number of aryl methyl sites for hydroxylation is 1. The Morgan fingerprint density at radius 3 is 3.08 bits per heavy atom. The summed E-state index contributed by atoms with van der Waals surface area (Å²) in [6.07, 6.45) is 3.68. The normalized spacial score (nSPS) is 17.3. The molecule has 1 amide bonds. The smallest absolute Gasteiger partial charge is 0.278 e. The summed E-state index contributed by atoms with van der Waals surface area (Å²) in [5.74, 6) is -0.103. The van der Waals surface area contributed by atoms with Gasteiger partial charge in [0.2, 0.25) is 0 Å². The molecule has 1 aliphatic rings. The molecule has 25 heavy (non-hydrogen) atoms. The van der Waals surface area contributed by atoms with Crippen LogP contribution in [-0.2, 0) is 11.8 Å². The number of thiazole rings is 1. The molecule has 3 heterocycles. The molecule has 0 N–H and O–H groups in total. The van der Waals surface area contributed by atoms with Crippen molar-refractivity contribution in [3.63, 3.8) is 0 Å². The van der Waals surface area contributed by atoms with Gasteiger partial charge in [-0.1, -0.05) is 27.3 Å². The van der Waals surface area contributed by atoms with Crippen molar-refractivity contribution in [1.29, 1.82) is 0 Å². The molecular formula is C17H17BrN4O2S. The van der Waals surface area contributed by atoms with Gasteiger partial charge in [-0.2, -0.15) is 5.10 Å². The number of fused-ring (bicyclic) bond motifs is 1. The van der Waals surface area contributed by atoms with Crippen molar-refractivity contribution in [1.82, 2.24) is 14.8 Å². The predicted molar refractivity (Wildman–Crippen MR) is 101 cm³/mol. The van der Waals surface area contributed by atoms with Gasteiger partial charge in [0, 0.05) is 24.3 Å². The standard InChI is InChI=1S/C17H17BrN4O2S/c1-21-14(6-7-19-21)16(23)22(10-12-3-2-8-24-12)17-20-13-5-4-11(18)9-15(13)25-17/h4-7,9,12H,2-3,8,10H2,1H3. The zero-order valence-corrected chi connectivity index (χ0v) is 16.1. The van der Waals surface area contributed by atoms with E-state index in [0.29, 0.717) is 17.4 Å². The van der Waals surface area contributed by atoms with E-state index >= 15 is 0 Å². The lowest BCUT2D eigenvalue weighted by Crippen LogP contribution is -2.38. The van der Waals surface area contributed by atoms with E-state index in [4.69, 9.17) is 4.74 Å². The summed E-state index contributed by atoms with van der Waals surface area (Å²) in [6.45, 7) is 1.26. The molecule has 1 saturated heterocycles. The van der Waals surface area contributed by atoms with E-state index in [1.54, 1.807) is 28.9 Å². The second-order valence-electron chi connectivity index (χ2n) is 6.00. The van der Waals surface area contributed by atoms with Crippen molar-refractivity contribution in [2.24, 2.45) is 7.05 Å². The monoisotopic (exact) mass is 420 g/mol. The molecule has 2 aromatic heterocycles. The SMILES string of the molecule is Cn1nccc1C(=O)N(CC1CCCO1)c1nc2ccc(Br)cc2s1. The summed E-state index contributed by atoms with van der Waals surface area (Å²) in [4.78, 5) is 19.5.